The number of para-hydroxylation sites is 1. The van der Waals surface area contributed by atoms with E-state index in [1.807, 2.05) is 55.1 Å². The summed E-state index contributed by atoms with van der Waals surface area (Å²) >= 11 is 0. The summed E-state index contributed by atoms with van der Waals surface area (Å²) in [6, 6.07) is 18.3. The van der Waals surface area contributed by atoms with E-state index in [2.05, 4.69) is 28.2 Å². The Morgan fingerprint density at radius 2 is 1.69 bits per heavy atom. The first-order chi connectivity index (χ1) is 12.7. The first-order valence-corrected chi connectivity index (χ1v) is 8.98. The van der Waals surface area contributed by atoms with Crippen LogP contribution in [0, 0.1) is 0 Å². The topological polar surface area (TPSA) is 49.0 Å². The van der Waals surface area contributed by atoms with Gasteiger partial charge in [-0.15, -0.1) is 0 Å². The Morgan fingerprint density at radius 3 is 2.42 bits per heavy atom. The lowest BCUT2D eigenvalue weighted by atomic mass is 10.0. The van der Waals surface area contributed by atoms with Gasteiger partial charge in [0, 0.05) is 46.8 Å². The van der Waals surface area contributed by atoms with Crippen LogP contribution in [0.15, 0.2) is 60.8 Å². The number of hydrogen-bond donors (Lipinski definition) is 1. The van der Waals surface area contributed by atoms with Crippen LogP contribution in [0.2, 0.25) is 0 Å². The van der Waals surface area contributed by atoms with E-state index in [0.29, 0.717) is 18.8 Å². The Kier molecular flexibility index (Phi) is 4.17. The van der Waals surface area contributed by atoms with Gasteiger partial charge in [-0.3, -0.25) is 4.79 Å². The van der Waals surface area contributed by atoms with Crippen molar-refractivity contribution in [3.05, 3.63) is 66.5 Å². The van der Waals surface area contributed by atoms with Crippen molar-refractivity contribution in [2.24, 2.45) is 0 Å². The standard InChI is InChI=1S/C22H21N3O/c1-3-25(4-2)22(26)21-20(17-11-7-5-10-16(17)14-23-21)19-13-15-9-6-8-12-18(15)24-19/h5-14,24H,3-4H2,1-2H3. The van der Waals surface area contributed by atoms with Crippen molar-refractivity contribution in [1.82, 2.24) is 14.9 Å². The van der Waals surface area contributed by atoms with E-state index in [-0.39, 0.29) is 5.91 Å². The molecule has 26 heavy (non-hydrogen) atoms. The molecule has 0 saturated carbocycles. The Morgan fingerprint density at radius 1 is 1.00 bits per heavy atom. The highest BCUT2D eigenvalue weighted by Gasteiger charge is 2.22. The number of aromatic nitrogens is 2. The van der Waals surface area contributed by atoms with Gasteiger partial charge in [0.05, 0.1) is 0 Å². The number of H-pyrrole nitrogens is 1. The highest BCUT2D eigenvalue weighted by atomic mass is 16.2. The number of benzene rings is 2. The predicted molar refractivity (Wildman–Crippen MR) is 106 cm³/mol. The van der Waals surface area contributed by atoms with Crippen LogP contribution in [0.4, 0.5) is 0 Å². The molecule has 0 saturated heterocycles. The van der Waals surface area contributed by atoms with Gasteiger partial charge in [0.15, 0.2) is 0 Å². The number of amides is 1. The first-order valence-electron chi connectivity index (χ1n) is 8.98. The van der Waals surface area contributed by atoms with Crippen LogP contribution in [0.5, 0.6) is 0 Å². The fourth-order valence-corrected chi connectivity index (χ4v) is 3.47. The molecule has 2 aromatic heterocycles. The molecule has 0 aliphatic rings. The molecular weight excluding hydrogens is 322 g/mol. The summed E-state index contributed by atoms with van der Waals surface area (Å²) in [6.07, 6.45) is 1.79. The number of carbonyl (C=O) groups is 1. The quantitative estimate of drug-likeness (QED) is 0.575. The molecule has 2 heterocycles. The van der Waals surface area contributed by atoms with Gasteiger partial charge in [0.2, 0.25) is 0 Å². The summed E-state index contributed by atoms with van der Waals surface area (Å²) in [6.45, 7) is 5.31. The van der Waals surface area contributed by atoms with Gasteiger partial charge in [-0.05, 0) is 31.4 Å². The Bertz CT molecular complexity index is 1060. The summed E-state index contributed by atoms with van der Waals surface area (Å²) in [5.74, 6) is -0.0330. The lowest BCUT2D eigenvalue weighted by molar-refractivity contribution is 0.0768. The second-order valence-corrected chi connectivity index (χ2v) is 6.32. The summed E-state index contributed by atoms with van der Waals surface area (Å²) in [7, 11) is 0. The Hall–Kier alpha value is -3.14. The molecule has 0 atom stereocenters. The van der Waals surface area contributed by atoms with Gasteiger partial charge < -0.3 is 9.88 Å². The zero-order valence-electron chi connectivity index (χ0n) is 15.0. The number of aromatic amines is 1. The smallest absolute Gasteiger partial charge is 0.273 e. The molecule has 0 bridgehead atoms. The van der Waals surface area contributed by atoms with Gasteiger partial charge in [-0.2, -0.15) is 0 Å². The van der Waals surface area contributed by atoms with Crippen molar-refractivity contribution in [3.8, 4) is 11.3 Å². The Balaban J connectivity index is 2.01. The van der Waals surface area contributed by atoms with Crippen molar-refractivity contribution in [1.29, 1.82) is 0 Å². The predicted octanol–water partition coefficient (Wildman–Crippen LogP) is 4.87. The third kappa shape index (κ3) is 2.64. The van der Waals surface area contributed by atoms with Crippen molar-refractivity contribution >= 4 is 27.6 Å². The summed E-state index contributed by atoms with van der Waals surface area (Å²) in [5, 5.41) is 3.18. The summed E-state index contributed by atoms with van der Waals surface area (Å²) in [5.41, 5.74) is 3.35. The van der Waals surface area contributed by atoms with Crippen LogP contribution in [0.1, 0.15) is 24.3 Å². The van der Waals surface area contributed by atoms with Crippen LogP contribution < -0.4 is 0 Å². The average molecular weight is 343 g/mol. The fourth-order valence-electron chi connectivity index (χ4n) is 3.47. The lowest BCUT2D eigenvalue weighted by Gasteiger charge is -2.20. The number of hydrogen-bond acceptors (Lipinski definition) is 2. The third-order valence-electron chi connectivity index (χ3n) is 4.85. The minimum Gasteiger partial charge on any atom is -0.354 e. The van der Waals surface area contributed by atoms with Gasteiger partial charge in [-0.1, -0.05) is 42.5 Å². The number of carbonyl (C=O) groups excluding carboxylic acids is 1. The van der Waals surface area contributed by atoms with E-state index in [1.165, 1.54) is 0 Å². The monoisotopic (exact) mass is 343 g/mol. The average Bonchev–Trinajstić information content (AvgIpc) is 3.11. The minimum atomic E-state index is -0.0330. The number of fused-ring (bicyclic) bond motifs is 2. The zero-order chi connectivity index (χ0) is 18.1. The van der Waals surface area contributed by atoms with E-state index < -0.39 is 0 Å². The molecule has 4 nitrogen and oxygen atoms in total. The lowest BCUT2D eigenvalue weighted by Crippen LogP contribution is -2.31. The number of pyridine rings is 1. The van der Waals surface area contributed by atoms with Crippen molar-refractivity contribution in [2.75, 3.05) is 13.1 Å². The van der Waals surface area contributed by atoms with Gasteiger partial charge in [-0.25, -0.2) is 4.98 Å². The van der Waals surface area contributed by atoms with Crippen LogP contribution in [0.3, 0.4) is 0 Å². The maximum atomic E-state index is 13.1. The molecule has 130 valence electrons. The van der Waals surface area contributed by atoms with Crippen LogP contribution >= 0.6 is 0 Å². The van der Waals surface area contributed by atoms with Crippen molar-refractivity contribution < 1.29 is 4.79 Å². The molecule has 1 N–H and O–H groups in total. The molecule has 4 rings (SSSR count). The maximum Gasteiger partial charge on any atom is 0.273 e. The Labute approximate surface area is 152 Å². The van der Waals surface area contributed by atoms with Crippen LogP contribution in [-0.4, -0.2) is 33.9 Å². The molecular formula is C22H21N3O. The van der Waals surface area contributed by atoms with E-state index in [1.54, 1.807) is 6.20 Å². The molecule has 4 heteroatoms. The van der Waals surface area contributed by atoms with Gasteiger partial charge >= 0.3 is 0 Å². The molecule has 0 unspecified atom stereocenters. The van der Waals surface area contributed by atoms with Crippen molar-refractivity contribution in [2.45, 2.75) is 13.8 Å². The minimum absolute atomic E-state index is 0.0330. The van der Waals surface area contributed by atoms with E-state index in [0.717, 1.165) is 32.9 Å². The molecule has 0 radical (unpaired) electrons. The molecule has 0 spiro atoms. The summed E-state index contributed by atoms with van der Waals surface area (Å²) < 4.78 is 0. The van der Waals surface area contributed by atoms with Gasteiger partial charge in [0.25, 0.3) is 5.91 Å². The zero-order valence-corrected chi connectivity index (χ0v) is 15.0. The molecule has 0 fully saturated rings. The summed E-state index contributed by atoms with van der Waals surface area (Å²) in [4.78, 5) is 22.9. The molecule has 2 aromatic carbocycles. The SMILES string of the molecule is CCN(CC)C(=O)c1ncc2ccccc2c1-c1cc2ccccc2[nH]1. The highest BCUT2D eigenvalue weighted by Crippen LogP contribution is 2.33. The van der Waals surface area contributed by atoms with Crippen molar-refractivity contribution in [3.63, 3.8) is 0 Å². The second kappa shape index (κ2) is 6.64. The molecule has 0 aliphatic heterocycles. The molecule has 4 aromatic rings. The second-order valence-electron chi connectivity index (χ2n) is 6.32. The van der Waals surface area contributed by atoms with E-state index >= 15 is 0 Å². The number of nitrogens with zero attached hydrogens (tertiary/aromatic N) is 2. The van der Waals surface area contributed by atoms with Crippen LogP contribution in [-0.2, 0) is 0 Å². The highest BCUT2D eigenvalue weighted by molar-refractivity contribution is 6.08. The normalized spacial score (nSPS) is 11.2. The van der Waals surface area contributed by atoms with Crippen LogP contribution in [0.25, 0.3) is 32.9 Å². The molecule has 1 amide bonds. The first kappa shape index (κ1) is 16.3. The fraction of sp³-hybridized carbons (Fsp3) is 0.182. The largest absolute Gasteiger partial charge is 0.354 e. The van der Waals surface area contributed by atoms with Gasteiger partial charge in [0.1, 0.15) is 5.69 Å². The van der Waals surface area contributed by atoms with E-state index in [4.69, 9.17) is 0 Å². The third-order valence-corrected chi connectivity index (χ3v) is 4.85. The maximum absolute atomic E-state index is 13.1. The molecule has 0 aliphatic carbocycles. The number of nitrogens with one attached hydrogen (secondary N) is 1. The van der Waals surface area contributed by atoms with E-state index in [9.17, 15) is 4.79 Å². The number of rotatable bonds is 4.